The lowest BCUT2D eigenvalue weighted by molar-refractivity contribution is 0.0595. The van der Waals surface area contributed by atoms with Gasteiger partial charge in [-0.3, -0.25) is 0 Å². The number of hydrogen-bond acceptors (Lipinski definition) is 4. The third-order valence-electron chi connectivity index (χ3n) is 2.59. The van der Waals surface area contributed by atoms with Crippen LogP contribution in [-0.4, -0.2) is 30.2 Å². The number of H-pyrrole nitrogens is 1. The van der Waals surface area contributed by atoms with Crippen molar-refractivity contribution in [3.63, 3.8) is 0 Å². The van der Waals surface area contributed by atoms with Crippen molar-refractivity contribution >= 4 is 5.97 Å². The van der Waals surface area contributed by atoms with Gasteiger partial charge in [0.25, 0.3) is 0 Å². The number of carbonyl (C=O) groups excluding carboxylic acids is 1. The molecule has 5 heteroatoms. The second kappa shape index (κ2) is 4.91. The number of aromatic nitrogens is 2. The largest absolute Gasteiger partial charge is 0.496 e. The van der Waals surface area contributed by atoms with E-state index in [9.17, 15) is 4.79 Å². The van der Waals surface area contributed by atoms with E-state index in [1.165, 1.54) is 13.3 Å². The number of aryl methyl sites for hydroxylation is 1. The molecule has 0 saturated heterocycles. The lowest BCUT2D eigenvalue weighted by Gasteiger charge is -2.06. The van der Waals surface area contributed by atoms with Crippen LogP contribution < -0.4 is 4.74 Å². The van der Waals surface area contributed by atoms with E-state index in [2.05, 4.69) is 14.7 Å². The second-order valence-corrected chi connectivity index (χ2v) is 3.84. The van der Waals surface area contributed by atoms with Crippen LogP contribution in [0.4, 0.5) is 0 Å². The minimum atomic E-state index is -0.445. The molecule has 0 spiro atoms. The summed E-state index contributed by atoms with van der Waals surface area (Å²) in [6, 6.07) is 5.77. The van der Waals surface area contributed by atoms with Crippen molar-refractivity contribution in [3.8, 4) is 17.1 Å². The van der Waals surface area contributed by atoms with Crippen molar-refractivity contribution in [1.29, 1.82) is 0 Å². The molecule has 1 N–H and O–H groups in total. The van der Waals surface area contributed by atoms with Gasteiger partial charge in [-0.25, -0.2) is 9.78 Å². The molecule has 0 radical (unpaired) electrons. The van der Waals surface area contributed by atoms with E-state index in [4.69, 9.17) is 4.74 Å². The Morgan fingerprint density at radius 3 is 2.78 bits per heavy atom. The Morgan fingerprint density at radius 1 is 1.33 bits per heavy atom. The molecule has 1 heterocycles. The average molecular weight is 246 g/mol. The van der Waals surface area contributed by atoms with E-state index < -0.39 is 5.97 Å². The topological polar surface area (TPSA) is 64.2 Å². The fourth-order valence-electron chi connectivity index (χ4n) is 1.67. The van der Waals surface area contributed by atoms with Crippen molar-refractivity contribution in [3.05, 3.63) is 35.7 Å². The van der Waals surface area contributed by atoms with E-state index >= 15 is 0 Å². The number of nitrogens with one attached hydrogen (secondary N) is 1. The summed E-state index contributed by atoms with van der Waals surface area (Å²) in [5.41, 5.74) is 2.21. The number of imidazole rings is 1. The number of nitrogens with zero attached hydrogens (tertiary/aromatic N) is 1. The van der Waals surface area contributed by atoms with Gasteiger partial charge in [-0.15, -0.1) is 0 Å². The Morgan fingerprint density at radius 2 is 2.11 bits per heavy atom. The highest BCUT2D eigenvalue weighted by atomic mass is 16.5. The first kappa shape index (κ1) is 12.2. The van der Waals surface area contributed by atoms with Gasteiger partial charge in [0.05, 0.1) is 26.0 Å². The van der Waals surface area contributed by atoms with Crippen LogP contribution in [0, 0.1) is 6.92 Å². The zero-order chi connectivity index (χ0) is 13.1. The molecule has 1 aromatic carbocycles. The minimum Gasteiger partial charge on any atom is -0.496 e. The molecule has 1 aromatic heterocycles. The molecular formula is C13H14N2O3. The van der Waals surface area contributed by atoms with Gasteiger partial charge in [0.15, 0.2) is 0 Å². The summed E-state index contributed by atoms with van der Waals surface area (Å²) in [6.45, 7) is 1.98. The van der Waals surface area contributed by atoms with E-state index in [1.54, 1.807) is 7.11 Å². The van der Waals surface area contributed by atoms with Crippen LogP contribution in [0.1, 0.15) is 16.1 Å². The third-order valence-corrected chi connectivity index (χ3v) is 2.59. The standard InChI is InChI=1S/C13H14N2O3/c1-8-4-5-9(11(6-8)17-2)12-14-7-10(15-12)13(16)18-3/h4-7H,1-3H3,(H,14,15). The first-order chi connectivity index (χ1) is 8.65. The molecule has 0 aliphatic heterocycles. The molecule has 0 unspecified atom stereocenters. The predicted molar refractivity (Wildman–Crippen MR) is 66.7 cm³/mol. The maximum atomic E-state index is 11.3. The molecule has 0 amide bonds. The SMILES string of the molecule is COC(=O)c1cnc(-c2ccc(C)cc2OC)[nH]1. The van der Waals surface area contributed by atoms with E-state index in [-0.39, 0.29) is 0 Å². The van der Waals surface area contributed by atoms with Crippen LogP contribution in [0.5, 0.6) is 5.75 Å². The summed E-state index contributed by atoms with van der Waals surface area (Å²) in [5.74, 6) is 0.841. The summed E-state index contributed by atoms with van der Waals surface area (Å²) >= 11 is 0. The van der Waals surface area contributed by atoms with Gasteiger partial charge in [-0.1, -0.05) is 6.07 Å². The maximum Gasteiger partial charge on any atom is 0.356 e. The van der Waals surface area contributed by atoms with Crippen molar-refractivity contribution in [2.45, 2.75) is 6.92 Å². The first-order valence-corrected chi connectivity index (χ1v) is 5.44. The normalized spacial score (nSPS) is 10.2. The Bertz CT molecular complexity index is 575. The van der Waals surface area contributed by atoms with Gasteiger partial charge in [-0.05, 0) is 24.6 Å². The van der Waals surface area contributed by atoms with Crippen LogP contribution >= 0.6 is 0 Å². The maximum absolute atomic E-state index is 11.3. The Balaban J connectivity index is 2.42. The summed E-state index contributed by atoms with van der Waals surface area (Å²) < 4.78 is 9.92. The lowest BCUT2D eigenvalue weighted by atomic mass is 10.1. The zero-order valence-corrected chi connectivity index (χ0v) is 10.5. The van der Waals surface area contributed by atoms with Gasteiger partial charge in [0, 0.05) is 0 Å². The van der Waals surface area contributed by atoms with E-state index in [1.807, 2.05) is 25.1 Å². The molecule has 94 valence electrons. The summed E-state index contributed by atoms with van der Waals surface area (Å²) in [4.78, 5) is 18.4. The highest BCUT2D eigenvalue weighted by Gasteiger charge is 2.13. The van der Waals surface area contributed by atoms with Crippen molar-refractivity contribution in [2.75, 3.05) is 14.2 Å². The second-order valence-electron chi connectivity index (χ2n) is 3.84. The molecule has 2 rings (SSSR count). The third kappa shape index (κ3) is 2.20. The lowest BCUT2D eigenvalue weighted by Crippen LogP contribution is -2.01. The molecule has 5 nitrogen and oxygen atoms in total. The Kier molecular flexibility index (Phi) is 3.32. The number of rotatable bonds is 3. The Labute approximate surface area is 105 Å². The number of benzene rings is 1. The molecule has 0 bridgehead atoms. The molecule has 0 fully saturated rings. The molecule has 0 saturated carbocycles. The number of hydrogen-bond donors (Lipinski definition) is 1. The molecular weight excluding hydrogens is 232 g/mol. The smallest absolute Gasteiger partial charge is 0.356 e. The van der Waals surface area contributed by atoms with Gasteiger partial charge >= 0.3 is 5.97 Å². The zero-order valence-electron chi connectivity index (χ0n) is 10.5. The van der Waals surface area contributed by atoms with Crippen LogP contribution in [0.25, 0.3) is 11.4 Å². The highest BCUT2D eigenvalue weighted by Crippen LogP contribution is 2.28. The van der Waals surface area contributed by atoms with Crippen LogP contribution in [0.2, 0.25) is 0 Å². The monoisotopic (exact) mass is 246 g/mol. The van der Waals surface area contributed by atoms with Crippen molar-refractivity contribution in [2.24, 2.45) is 0 Å². The molecule has 18 heavy (non-hydrogen) atoms. The number of ether oxygens (including phenoxy) is 2. The summed E-state index contributed by atoms with van der Waals surface area (Å²) in [6.07, 6.45) is 1.44. The Hall–Kier alpha value is -2.30. The highest BCUT2D eigenvalue weighted by molar-refractivity contribution is 5.87. The number of aromatic amines is 1. The summed E-state index contributed by atoms with van der Waals surface area (Å²) in [5, 5.41) is 0. The predicted octanol–water partition coefficient (Wildman–Crippen LogP) is 2.18. The number of esters is 1. The van der Waals surface area contributed by atoms with Crippen molar-refractivity contribution in [1.82, 2.24) is 9.97 Å². The average Bonchev–Trinajstić information content (AvgIpc) is 2.87. The first-order valence-electron chi connectivity index (χ1n) is 5.44. The molecule has 0 aliphatic rings. The van der Waals surface area contributed by atoms with Crippen LogP contribution in [0.3, 0.4) is 0 Å². The summed E-state index contributed by atoms with van der Waals surface area (Å²) in [7, 11) is 2.93. The van der Waals surface area contributed by atoms with Crippen molar-refractivity contribution < 1.29 is 14.3 Å². The van der Waals surface area contributed by atoms with Crippen LogP contribution in [-0.2, 0) is 4.74 Å². The number of carbonyl (C=O) groups is 1. The quantitative estimate of drug-likeness (QED) is 0.843. The molecule has 2 aromatic rings. The van der Waals surface area contributed by atoms with E-state index in [0.29, 0.717) is 17.3 Å². The fourth-order valence-corrected chi connectivity index (χ4v) is 1.67. The van der Waals surface area contributed by atoms with Gasteiger partial charge < -0.3 is 14.5 Å². The van der Waals surface area contributed by atoms with Gasteiger partial charge in [0.1, 0.15) is 17.3 Å². The van der Waals surface area contributed by atoms with Gasteiger partial charge in [0.2, 0.25) is 0 Å². The molecule has 0 aliphatic carbocycles. The molecule has 0 atom stereocenters. The fraction of sp³-hybridized carbons (Fsp3) is 0.231. The van der Waals surface area contributed by atoms with E-state index in [0.717, 1.165) is 11.1 Å². The van der Waals surface area contributed by atoms with Gasteiger partial charge in [-0.2, -0.15) is 0 Å². The van der Waals surface area contributed by atoms with Crippen LogP contribution in [0.15, 0.2) is 24.4 Å². The number of methoxy groups -OCH3 is 2. The minimum absolute atomic E-state index is 0.315.